The van der Waals surface area contributed by atoms with E-state index in [4.69, 9.17) is 12.2 Å². The molecule has 0 spiro atoms. The summed E-state index contributed by atoms with van der Waals surface area (Å²) in [6.45, 7) is 6.01. The predicted octanol–water partition coefficient (Wildman–Crippen LogP) is 2.32. The van der Waals surface area contributed by atoms with Gasteiger partial charge in [0.05, 0.1) is 11.2 Å². The first-order valence-corrected chi connectivity index (χ1v) is 6.23. The van der Waals surface area contributed by atoms with Crippen LogP contribution in [-0.4, -0.2) is 22.9 Å². The number of anilines is 1. The maximum absolute atomic E-state index is 4.85. The van der Waals surface area contributed by atoms with E-state index in [1.165, 1.54) is 11.1 Å². The molecule has 0 aromatic carbocycles. The van der Waals surface area contributed by atoms with Gasteiger partial charge >= 0.3 is 0 Å². The minimum Gasteiger partial charge on any atom is -0.358 e. The Hall–Kier alpha value is -1.75. The topological polar surface area (TPSA) is 40.5 Å². The van der Waals surface area contributed by atoms with E-state index in [1.54, 1.807) is 0 Å². The Morgan fingerprint density at radius 1 is 1.33 bits per heavy atom. The van der Waals surface area contributed by atoms with Crippen LogP contribution in [0.4, 0.5) is 5.82 Å². The van der Waals surface area contributed by atoms with Gasteiger partial charge in [-0.25, -0.2) is 4.98 Å². The van der Waals surface area contributed by atoms with Gasteiger partial charge < -0.3 is 10.2 Å². The normalized spacial score (nSPS) is 18.5. The summed E-state index contributed by atoms with van der Waals surface area (Å²) >= 11 is 4.85. The molecule has 1 unspecified atom stereocenters. The van der Waals surface area contributed by atoms with Crippen molar-refractivity contribution in [2.45, 2.75) is 26.9 Å². The summed E-state index contributed by atoms with van der Waals surface area (Å²) in [7, 11) is 0. The van der Waals surface area contributed by atoms with E-state index >= 15 is 0 Å². The Balaban J connectivity index is 2.39. The van der Waals surface area contributed by atoms with Crippen LogP contribution in [0, 0.1) is 13.8 Å². The van der Waals surface area contributed by atoms with Gasteiger partial charge in [0.15, 0.2) is 0 Å². The predicted molar refractivity (Wildman–Crippen MR) is 79.0 cm³/mol. The Bertz CT molecular complexity index is 501. The van der Waals surface area contributed by atoms with Crippen LogP contribution in [0.1, 0.15) is 18.2 Å². The maximum atomic E-state index is 4.85. The molecule has 4 nitrogen and oxygen atoms in total. The Labute approximate surface area is 112 Å². The number of allylic oxidation sites excluding steroid dienone is 1. The van der Waals surface area contributed by atoms with E-state index in [0.29, 0.717) is 0 Å². The summed E-state index contributed by atoms with van der Waals surface area (Å²) in [5.41, 5.74) is 4.63. The van der Waals surface area contributed by atoms with E-state index in [0.717, 1.165) is 17.2 Å². The van der Waals surface area contributed by atoms with Gasteiger partial charge in [-0.15, -0.1) is 0 Å². The second-order valence-corrected chi connectivity index (χ2v) is 4.57. The first-order valence-electron chi connectivity index (χ1n) is 5.76. The van der Waals surface area contributed by atoms with E-state index in [1.807, 2.05) is 37.2 Å². The zero-order chi connectivity index (χ0) is 13.1. The summed E-state index contributed by atoms with van der Waals surface area (Å²) in [6, 6.07) is 4.10. The molecule has 1 aliphatic rings. The number of thiocarbonyl (C=S) groups is 1. The van der Waals surface area contributed by atoms with Gasteiger partial charge in [-0.1, -0.05) is 12.2 Å². The average Bonchev–Trinajstić information content (AvgIpc) is 2.30. The van der Waals surface area contributed by atoms with Gasteiger partial charge in [-0.3, -0.25) is 4.99 Å². The molecule has 2 heterocycles. The van der Waals surface area contributed by atoms with Crippen molar-refractivity contribution in [1.82, 2.24) is 10.3 Å². The fourth-order valence-electron chi connectivity index (χ4n) is 1.93. The molecular weight excluding hydrogens is 244 g/mol. The van der Waals surface area contributed by atoms with Crippen LogP contribution in [0.2, 0.25) is 0 Å². The van der Waals surface area contributed by atoms with Gasteiger partial charge in [-0.05, 0) is 38.5 Å². The van der Waals surface area contributed by atoms with Crippen molar-refractivity contribution in [3.05, 3.63) is 35.3 Å². The lowest BCUT2D eigenvalue weighted by Crippen LogP contribution is -2.45. The molecule has 18 heavy (non-hydrogen) atoms. The monoisotopic (exact) mass is 260 g/mol. The van der Waals surface area contributed by atoms with Crippen LogP contribution in [0.25, 0.3) is 0 Å². The summed E-state index contributed by atoms with van der Waals surface area (Å²) in [4.78, 5) is 10.9. The molecule has 0 fully saturated rings. The zero-order valence-corrected chi connectivity index (χ0v) is 11.5. The third-order valence-corrected chi connectivity index (χ3v) is 2.77. The highest BCUT2D eigenvalue weighted by molar-refractivity contribution is 7.78. The number of rotatable bonds is 3. The van der Waals surface area contributed by atoms with Crippen molar-refractivity contribution in [2.75, 3.05) is 4.90 Å². The Kier molecular flexibility index (Phi) is 3.72. The van der Waals surface area contributed by atoms with Crippen molar-refractivity contribution in [2.24, 2.45) is 4.99 Å². The van der Waals surface area contributed by atoms with Crippen LogP contribution in [0.5, 0.6) is 0 Å². The molecule has 0 saturated carbocycles. The van der Waals surface area contributed by atoms with Gasteiger partial charge in [0.1, 0.15) is 12.0 Å². The zero-order valence-electron chi connectivity index (χ0n) is 10.7. The van der Waals surface area contributed by atoms with Gasteiger partial charge in [-0.2, -0.15) is 0 Å². The first-order chi connectivity index (χ1) is 8.60. The number of pyridine rings is 1. The largest absolute Gasteiger partial charge is 0.358 e. The third-order valence-electron chi connectivity index (χ3n) is 2.63. The maximum Gasteiger partial charge on any atom is 0.141 e. The molecule has 1 aromatic heterocycles. The molecule has 94 valence electrons. The summed E-state index contributed by atoms with van der Waals surface area (Å²) in [5.74, 6) is 0.896. The smallest absolute Gasteiger partial charge is 0.141 e. The third kappa shape index (κ3) is 2.73. The van der Waals surface area contributed by atoms with Gasteiger partial charge in [0, 0.05) is 18.1 Å². The van der Waals surface area contributed by atoms with Gasteiger partial charge in [0.2, 0.25) is 0 Å². The molecule has 0 amide bonds. The fraction of sp³-hybridized carbons (Fsp3) is 0.308. The van der Waals surface area contributed by atoms with Crippen LogP contribution in [0.3, 0.4) is 0 Å². The number of nitrogens with one attached hydrogen (secondary N) is 1. The van der Waals surface area contributed by atoms with Crippen molar-refractivity contribution in [3.8, 4) is 0 Å². The average molecular weight is 260 g/mol. The van der Waals surface area contributed by atoms with Crippen LogP contribution < -0.4 is 10.2 Å². The van der Waals surface area contributed by atoms with Crippen LogP contribution >= 0.6 is 12.2 Å². The number of hydrogen-bond acceptors (Lipinski definition) is 4. The molecule has 0 saturated heterocycles. The van der Waals surface area contributed by atoms with Crippen LogP contribution in [-0.2, 0) is 0 Å². The van der Waals surface area contributed by atoms with Crippen molar-refractivity contribution >= 4 is 29.7 Å². The molecule has 0 radical (unpaired) electrons. The minimum absolute atomic E-state index is 0.0834. The van der Waals surface area contributed by atoms with Crippen molar-refractivity contribution in [3.63, 3.8) is 0 Å². The summed E-state index contributed by atoms with van der Waals surface area (Å²) in [6.07, 6.45) is 3.72. The quantitative estimate of drug-likeness (QED) is 0.847. The summed E-state index contributed by atoms with van der Waals surface area (Å²) < 4.78 is 0. The number of aliphatic imine (C=N–C) groups is 1. The first kappa shape index (κ1) is 12.7. The number of nitrogens with zero attached hydrogens (tertiary/aromatic N) is 3. The lowest BCUT2D eigenvalue weighted by Gasteiger charge is -2.30. The van der Waals surface area contributed by atoms with E-state index in [-0.39, 0.29) is 6.17 Å². The highest BCUT2D eigenvalue weighted by Crippen LogP contribution is 2.19. The van der Waals surface area contributed by atoms with E-state index in [2.05, 4.69) is 28.3 Å². The van der Waals surface area contributed by atoms with E-state index < -0.39 is 0 Å². The van der Waals surface area contributed by atoms with Crippen LogP contribution in [0.15, 0.2) is 29.0 Å². The molecular formula is C13H16N4S. The SMILES string of the molecule is CC1=CN(c2cc(C)cc(C)n2)C(NC=S)C=N1. The summed E-state index contributed by atoms with van der Waals surface area (Å²) in [5, 5.41) is 3.07. The molecule has 1 N–H and O–H groups in total. The molecule has 5 heteroatoms. The number of aryl methyl sites for hydroxylation is 2. The highest BCUT2D eigenvalue weighted by atomic mass is 32.1. The lowest BCUT2D eigenvalue weighted by molar-refractivity contribution is 0.763. The number of aromatic nitrogens is 1. The highest BCUT2D eigenvalue weighted by Gasteiger charge is 2.19. The molecule has 1 aliphatic heterocycles. The molecule has 2 rings (SSSR count). The Morgan fingerprint density at radius 2 is 2.11 bits per heavy atom. The van der Waals surface area contributed by atoms with Crippen molar-refractivity contribution in [1.29, 1.82) is 0 Å². The second-order valence-electron chi connectivity index (χ2n) is 4.33. The standard InChI is InChI=1S/C13H16N4S/c1-9-4-10(2)16-12(5-9)17-7-11(3)14-6-13(17)15-8-18/h4-8,13H,1-3H3,(H,15,18). The van der Waals surface area contributed by atoms with E-state index in [9.17, 15) is 0 Å². The lowest BCUT2D eigenvalue weighted by atomic mass is 10.2. The van der Waals surface area contributed by atoms with Crippen molar-refractivity contribution < 1.29 is 0 Å². The molecule has 1 atom stereocenters. The minimum atomic E-state index is -0.0834. The fourth-order valence-corrected chi connectivity index (χ4v) is 2.07. The molecule has 0 bridgehead atoms. The number of hydrogen-bond donors (Lipinski definition) is 1. The van der Waals surface area contributed by atoms with Gasteiger partial charge in [0.25, 0.3) is 0 Å². The second kappa shape index (κ2) is 5.27. The molecule has 1 aromatic rings. The Morgan fingerprint density at radius 3 is 2.78 bits per heavy atom. The molecule has 0 aliphatic carbocycles.